The summed E-state index contributed by atoms with van der Waals surface area (Å²) >= 11 is 0. The van der Waals surface area contributed by atoms with Crippen LogP contribution >= 0.6 is 0 Å². The summed E-state index contributed by atoms with van der Waals surface area (Å²) in [6.07, 6.45) is 1.87. The second-order valence-electron chi connectivity index (χ2n) is 6.72. The van der Waals surface area contributed by atoms with Crippen molar-refractivity contribution in [2.24, 2.45) is 0 Å². The summed E-state index contributed by atoms with van der Waals surface area (Å²) < 4.78 is 16.5. The highest BCUT2D eigenvalue weighted by Gasteiger charge is 2.28. The molecule has 148 valence electrons. The van der Waals surface area contributed by atoms with Crippen molar-refractivity contribution in [1.29, 1.82) is 0 Å². The number of fused-ring (bicyclic) bond motifs is 1. The molecule has 2 heterocycles. The number of carbonyl (C=O) groups excluding carboxylic acids is 1. The Balaban J connectivity index is 1.68. The van der Waals surface area contributed by atoms with Gasteiger partial charge in [0.05, 0.1) is 12.3 Å². The number of ether oxygens (including phenoxy) is 3. The van der Waals surface area contributed by atoms with Crippen LogP contribution in [0.5, 0.6) is 5.75 Å². The lowest BCUT2D eigenvalue weighted by Crippen LogP contribution is -2.44. The molecule has 27 heavy (non-hydrogen) atoms. The van der Waals surface area contributed by atoms with Gasteiger partial charge in [-0.25, -0.2) is 4.79 Å². The predicted octanol–water partition coefficient (Wildman–Crippen LogP) is 2.46. The molecule has 1 saturated heterocycles. The van der Waals surface area contributed by atoms with Crippen LogP contribution in [0.4, 0.5) is 10.5 Å². The van der Waals surface area contributed by atoms with Crippen LogP contribution in [-0.2, 0) is 20.9 Å². The lowest BCUT2D eigenvalue weighted by molar-refractivity contribution is -0.121. The predicted molar refractivity (Wildman–Crippen MR) is 97.9 cm³/mol. The number of hydrogen-bond acceptors (Lipinski definition) is 5. The SMILES string of the molecule is COCCCN1C(=O)COc2ccc(COC3CCCCN3C(=O)O)cc21. The third kappa shape index (κ3) is 4.70. The van der Waals surface area contributed by atoms with Gasteiger partial charge in [0, 0.05) is 26.8 Å². The van der Waals surface area contributed by atoms with Gasteiger partial charge >= 0.3 is 6.09 Å². The fourth-order valence-corrected chi connectivity index (χ4v) is 3.44. The quantitative estimate of drug-likeness (QED) is 0.733. The largest absolute Gasteiger partial charge is 0.482 e. The second kappa shape index (κ2) is 9.05. The maximum atomic E-state index is 12.2. The highest BCUT2D eigenvalue weighted by Crippen LogP contribution is 2.33. The molecule has 1 unspecified atom stereocenters. The molecule has 1 aromatic rings. The summed E-state index contributed by atoms with van der Waals surface area (Å²) in [5.41, 5.74) is 1.60. The topological polar surface area (TPSA) is 88.5 Å². The van der Waals surface area contributed by atoms with Crippen molar-refractivity contribution >= 4 is 17.7 Å². The van der Waals surface area contributed by atoms with Gasteiger partial charge in [-0.3, -0.25) is 9.69 Å². The molecule has 2 aliphatic heterocycles. The van der Waals surface area contributed by atoms with E-state index in [1.807, 2.05) is 18.2 Å². The molecule has 8 nitrogen and oxygen atoms in total. The zero-order chi connectivity index (χ0) is 19.2. The molecule has 3 rings (SSSR count). The Labute approximate surface area is 158 Å². The molecule has 1 aromatic carbocycles. The average Bonchev–Trinajstić information content (AvgIpc) is 2.68. The van der Waals surface area contributed by atoms with Gasteiger partial charge in [-0.05, 0) is 43.4 Å². The second-order valence-corrected chi connectivity index (χ2v) is 6.72. The molecule has 0 aromatic heterocycles. The summed E-state index contributed by atoms with van der Waals surface area (Å²) in [6, 6.07) is 5.60. The highest BCUT2D eigenvalue weighted by molar-refractivity contribution is 5.97. The normalized spacial score (nSPS) is 19.6. The van der Waals surface area contributed by atoms with E-state index < -0.39 is 12.3 Å². The Morgan fingerprint density at radius 3 is 3.00 bits per heavy atom. The van der Waals surface area contributed by atoms with Crippen LogP contribution in [-0.4, -0.2) is 61.6 Å². The van der Waals surface area contributed by atoms with Crippen LogP contribution < -0.4 is 9.64 Å². The number of carbonyl (C=O) groups is 2. The van der Waals surface area contributed by atoms with Gasteiger partial charge in [-0.1, -0.05) is 6.07 Å². The summed E-state index contributed by atoms with van der Waals surface area (Å²) in [5.74, 6) is 0.585. The van der Waals surface area contributed by atoms with Gasteiger partial charge in [0.25, 0.3) is 5.91 Å². The van der Waals surface area contributed by atoms with Crippen molar-refractivity contribution in [1.82, 2.24) is 4.90 Å². The molecule has 2 amide bonds. The number of carboxylic acid groups (broad SMARTS) is 1. The van der Waals surface area contributed by atoms with E-state index in [9.17, 15) is 14.7 Å². The van der Waals surface area contributed by atoms with Crippen molar-refractivity contribution in [3.8, 4) is 5.75 Å². The number of hydrogen-bond donors (Lipinski definition) is 1. The highest BCUT2D eigenvalue weighted by atomic mass is 16.5. The van der Waals surface area contributed by atoms with Gasteiger partial charge in [-0.15, -0.1) is 0 Å². The number of likely N-dealkylation sites (tertiary alicyclic amines) is 1. The number of piperidine rings is 1. The van der Waals surface area contributed by atoms with Crippen molar-refractivity contribution in [2.45, 2.75) is 38.5 Å². The molecular weight excluding hydrogens is 352 g/mol. The zero-order valence-electron chi connectivity index (χ0n) is 15.6. The Morgan fingerprint density at radius 1 is 1.37 bits per heavy atom. The molecular formula is C19H26N2O6. The summed E-state index contributed by atoms with van der Waals surface area (Å²) in [4.78, 5) is 26.7. The minimum absolute atomic E-state index is 0.0332. The molecule has 0 aliphatic carbocycles. The van der Waals surface area contributed by atoms with Crippen molar-refractivity contribution < 1.29 is 28.9 Å². The van der Waals surface area contributed by atoms with Crippen molar-refractivity contribution in [3.05, 3.63) is 23.8 Å². The first kappa shape index (κ1) is 19.4. The van der Waals surface area contributed by atoms with E-state index in [0.717, 1.165) is 30.5 Å². The van der Waals surface area contributed by atoms with E-state index >= 15 is 0 Å². The molecule has 1 fully saturated rings. The first-order valence-electron chi connectivity index (χ1n) is 9.26. The van der Waals surface area contributed by atoms with E-state index in [2.05, 4.69) is 0 Å². The fourth-order valence-electron chi connectivity index (χ4n) is 3.44. The molecule has 2 aliphatic rings. The molecule has 0 bridgehead atoms. The zero-order valence-corrected chi connectivity index (χ0v) is 15.6. The van der Waals surface area contributed by atoms with Gasteiger partial charge in [-0.2, -0.15) is 0 Å². The van der Waals surface area contributed by atoms with E-state index in [-0.39, 0.29) is 19.1 Å². The molecule has 8 heteroatoms. The van der Waals surface area contributed by atoms with Crippen LogP contribution in [0, 0.1) is 0 Å². The van der Waals surface area contributed by atoms with Crippen LogP contribution in [0.1, 0.15) is 31.2 Å². The Kier molecular flexibility index (Phi) is 6.52. The average molecular weight is 378 g/mol. The maximum absolute atomic E-state index is 12.2. The van der Waals surface area contributed by atoms with E-state index in [4.69, 9.17) is 14.2 Å². The lowest BCUT2D eigenvalue weighted by atomic mass is 10.1. The van der Waals surface area contributed by atoms with E-state index in [1.165, 1.54) is 4.90 Å². The first-order valence-corrected chi connectivity index (χ1v) is 9.26. The molecule has 0 radical (unpaired) electrons. The third-order valence-corrected chi connectivity index (χ3v) is 4.83. The van der Waals surface area contributed by atoms with Crippen LogP contribution in [0.15, 0.2) is 18.2 Å². The maximum Gasteiger partial charge on any atom is 0.409 e. The minimum Gasteiger partial charge on any atom is -0.482 e. The van der Waals surface area contributed by atoms with Crippen LogP contribution in [0.3, 0.4) is 0 Å². The minimum atomic E-state index is -0.951. The molecule has 0 saturated carbocycles. The van der Waals surface area contributed by atoms with Gasteiger partial charge < -0.3 is 24.2 Å². The number of anilines is 1. The monoisotopic (exact) mass is 378 g/mol. The third-order valence-electron chi connectivity index (χ3n) is 4.83. The number of rotatable bonds is 7. The summed E-state index contributed by atoms with van der Waals surface area (Å²) in [6.45, 7) is 1.95. The fraction of sp³-hybridized carbons (Fsp3) is 0.579. The van der Waals surface area contributed by atoms with E-state index in [0.29, 0.717) is 31.9 Å². The number of nitrogens with zero attached hydrogens (tertiary/aromatic N) is 2. The Morgan fingerprint density at radius 2 is 2.22 bits per heavy atom. The molecule has 1 atom stereocenters. The molecule has 1 N–H and O–H groups in total. The van der Waals surface area contributed by atoms with Gasteiger partial charge in [0.1, 0.15) is 12.0 Å². The smallest absolute Gasteiger partial charge is 0.409 e. The standard InChI is InChI=1S/C19H26N2O6/c1-25-10-4-9-20-15-11-14(6-7-16(15)26-13-17(20)22)12-27-18-5-2-3-8-21(18)19(23)24/h6-7,11,18H,2-5,8-10,12-13H2,1H3,(H,23,24). The summed E-state index contributed by atoms with van der Waals surface area (Å²) in [7, 11) is 1.64. The summed E-state index contributed by atoms with van der Waals surface area (Å²) in [5, 5.41) is 9.31. The van der Waals surface area contributed by atoms with Gasteiger partial charge in [0.2, 0.25) is 0 Å². The lowest BCUT2D eigenvalue weighted by Gasteiger charge is -2.33. The first-order chi connectivity index (χ1) is 13.1. The van der Waals surface area contributed by atoms with E-state index in [1.54, 1.807) is 12.0 Å². The van der Waals surface area contributed by atoms with Crippen molar-refractivity contribution in [3.63, 3.8) is 0 Å². The van der Waals surface area contributed by atoms with Gasteiger partial charge in [0.15, 0.2) is 6.61 Å². The Bertz CT molecular complexity index is 680. The van der Waals surface area contributed by atoms with Crippen molar-refractivity contribution in [2.75, 3.05) is 38.3 Å². The number of methoxy groups -OCH3 is 1. The van der Waals surface area contributed by atoms with Crippen LogP contribution in [0.2, 0.25) is 0 Å². The molecule has 0 spiro atoms. The number of amides is 2. The van der Waals surface area contributed by atoms with Crippen LogP contribution in [0.25, 0.3) is 0 Å². The Hall–Kier alpha value is -2.32. The number of benzene rings is 1.